The van der Waals surface area contributed by atoms with E-state index in [1.165, 1.54) is 18.0 Å². The monoisotopic (exact) mass is 338 g/mol. The van der Waals surface area contributed by atoms with Gasteiger partial charge >= 0.3 is 0 Å². The molecule has 120 valence electrons. The zero-order valence-corrected chi connectivity index (χ0v) is 13.6. The minimum atomic E-state index is -0.590. The van der Waals surface area contributed by atoms with E-state index in [1.54, 1.807) is 18.5 Å². The number of carbonyl (C=O) groups is 1. The minimum absolute atomic E-state index is 0.231. The van der Waals surface area contributed by atoms with Crippen LogP contribution in [0.2, 0.25) is 0 Å². The Balaban J connectivity index is 1.96. The summed E-state index contributed by atoms with van der Waals surface area (Å²) < 4.78 is 0. The van der Waals surface area contributed by atoms with Crippen LogP contribution in [0.4, 0.5) is 11.5 Å². The van der Waals surface area contributed by atoms with Gasteiger partial charge < -0.3 is 11.1 Å². The summed E-state index contributed by atoms with van der Waals surface area (Å²) in [5.74, 6) is 0.393. The second-order valence-corrected chi connectivity index (χ2v) is 5.53. The molecule has 3 rings (SSSR count). The number of aromatic nitrogens is 4. The van der Waals surface area contributed by atoms with Crippen molar-refractivity contribution in [2.75, 3.05) is 11.6 Å². The predicted molar refractivity (Wildman–Crippen MR) is 93.1 cm³/mol. The quantitative estimate of drug-likeness (QED) is 0.543. The third kappa shape index (κ3) is 3.49. The van der Waals surface area contributed by atoms with Gasteiger partial charge in [0.1, 0.15) is 11.4 Å². The van der Waals surface area contributed by atoms with E-state index in [0.29, 0.717) is 16.8 Å². The molecule has 0 fully saturated rings. The summed E-state index contributed by atoms with van der Waals surface area (Å²) in [4.78, 5) is 28.4. The largest absolute Gasteiger partial charge is 0.365 e. The second-order valence-electron chi connectivity index (χ2n) is 4.76. The van der Waals surface area contributed by atoms with Crippen LogP contribution < -0.4 is 11.1 Å². The van der Waals surface area contributed by atoms with Crippen molar-refractivity contribution in [3.63, 3.8) is 0 Å². The molecule has 0 saturated heterocycles. The summed E-state index contributed by atoms with van der Waals surface area (Å²) in [7, 11) is 0. The highest BCUT2D eigenvalue weighted by Gasteiger charge is 2.12. The summed E-state index contributed by atoms with van der Waals surface area (Å²) >= 11 is 1.38. The SMILES string of the molecule is CSc1ncc(C(N)=O)c(Nc2cccc(-c3ncccn3)c2)n1. The summed E-state index contributed by atoms with van der Waals surface area (Å²) in [6.07, 6.45) is 6.65. The van der Waals surface area contributed by atoms with Crippen LogP contribution in [0.3, 0.4) is 0 Å². The van der Waals surface area contributed by atoms with E-state index in [0.717, 1.165) is 11.3 Å². The molecule has 0 aliphatic carbocycles. The predicted octanol–water partition coefficient (Wildman–Crippen LogP) is 2.50. The van der Waals surface area contributed by atoms with E-state index in [4.69, 9.17) is 5.73 Å². The number of nitrogens with zero attached hydrogens (tertiary/aromatic N) is 4. The Morgan fingerprint density at radius 2 is 1.96 bits per heavy atom. The normalized spacial score (nSPS) is 10.4. The Morgan fingerprint density at radius 1 is 1.17 bits per heavy atom. The summed E-state index contributed by atoms with van der Waals surface area (Å²) in [5, 5.41) is 3.66. The van der Waals surface area contributed by atoms with Gasteiger partial charge in [-0.3, -0.25) is 4.79 Å². The van der Waals surface area contributed by atoms with E-state index in [-0.39, 0.29) is 5.56 Å². The first kappa shape index (κ1) is 15.9. The van der Waals surface area contributed by atoms with E-state index < -0.39 is 5.91 Å². The van der Waals surface area contributed by atoms with Crippen molar-refractivity contribution in [2.24, 2.45) is 5.73 Å². The number of carbonyl (C=O) groups excluding carboxylic acids is 1. The van der Waals surface area contributed by atoms with Crippen molar-refractivity contribution < 1.29 is 4.79 Å². The maximum Gasteiger partial charge on any atom is 0.254 e. The van der Waals surface area contributed by atoms with Crippen LogP contribution in [0.15, 0.2) is 54.1 Å². The molecular formula is C16H14N6OS. The van der Waals surface area contributed by atoms with Gasteiger partial charge in [-0.25, -0.2) is 19.9 Å². The smallest absolute Gasteiger partial charge is 0.254 e. The van der Waals surface area contributed by atoms with Crippen LogP contribution in [0.5, 0.6) is 0 Å². The first-order chi connectivity index (χ1) is 11.7. The Labute approximate surface area is 142 Å². The van der Waals surface area contributed by atoms with E-state index in [1.807, 2.05) is 30.5 Å². The highest BCUT2D eigenvalue weighted by Crippen LogP contribution is 2.24. The minimum Gasteiger partial charge on any atom is -0.365 e. The highest BCUT2D eigenvalue weighted by atomic mass is 32.2. The summed E-state index contributed by atoms with van der Waals surface area (Å²) in [5.41, 5.74) is 7.22. The highest BCUT2D eigenvalue weighted by molar-refractivity contribution is 7.98. The van der Waals surface area contributed by atoms with Crippen LogP contribution in [0.25, 0.3) is 11.4 Å². The standard InChI is InChI=1S/C16H14N6OS/c1-24-16-20-9-12(13(17)23)15(22-16)21-11-5-2-4-10(8-11)14-18-6-3-7-19-14/h2-9H,1H3,(H2,17,23)(H,20,21,22). The molecule has 0 radical (unpaired) electrons. The van der Waals surface area contributed by atoms with Crippen molar-refractivity contribution in [3.05, 3.63) is 54.5 Å². The molecule has 0 aliphatic heterocycles. The third-order valence-corrected chi connectivity index (χ3v) is 3.73. The van der Waals surface area contributed by atoms with E-state index >= 15 is 0 Å². The number of primary amides is 1. The van der Waals surface area contributed by atoms with E-state index in [9.17, 15) is 4.79 Å². The number of hydrogen-bond acceptors (Lipinski definition) is 7. The molecule has 2 heterocycles. The third-order valence-electron chi connectivity index (χ3n) is 3.16. The molecule has 0 atom stereocenters. The Kier molecular flexibility index (Phi) is 4.66. The zero-order chi connectivity index (χ0) is 16.9. The Bertz CT molecular complexity index is 871. The number of thioether (sulfide) groups is 1. The van der Waals surface area contributed by atoms with Crippen LogP contribution >= 0.6 is 11.8 Å². The van der Waals surface area contributed by atoms with Gasteiger partial charge in [0.15, 0.2) is 11.0 Å². The van der Waals surface area contributed by atoms with Crippen molar-refractivity contribution in [2.45, 2.75) is 5.16 Å². The molecule has 3 aromatic rings. The van der Waals surface area contributed by atoms with E-state index in [2.05, 4.69) is 25.3 Å². The lowest BCUT2D eigenvalue weighted by Gasteiger charge is -2.10. The number of hydrogen-bond donors (Lipinski definition) is 2. The van der Waals surface area contributed by atoms with Gasteiger partial charge in [-0.15, -0.1) is 0 Å². The van der Waals surface area contributed by atoms with Crippen molar-refractivity contribution in [3.8, 4) is 11.4 Å². The average molecular weight is 338 g/mol. The molecule has 1 amide bonds. The molecule has 0 unspecified atom stereocenters. The van der Waals surface area contributed by atoms with Gasteiger partial charge in [0.2, 0.25) is 0 Å². The van der Waals surface area contributed by atoms with Crippen molar-refractivity contribution in [1.82, 2.24) is 19.9 Å². The molecule has 1 aromatic carbocycles. The number of anilines is 2. The maximum atomic E-state index is 11.6. The molecule has 2 aromatic heterocycles. The average Bonchev–Trinajstić information content (AvgIpc) is 2.62. The maximum absolute atomic E-state index is 11.6. The molecule has 8 heteroatoms. The first-order valence-electron chi connectivity index (χ1n) is 7.02. The van der Waals surface area contributed by atoms with Crippen molar-refractivity contribution >= 4 is 29.2 Å². The van der Waals surface area contributed by atoms with Crippen LogP contribution in [-0.4, -0.2) is 32.1 Å². The molecule has 0 spiro atoms. The van der Waals surface area contributed by atoms with Gasteiger partial charge in [-0.1, -0.05) is 23.9 Å². The Morgan fingerprint density at radius 3 is 2.67 bits per heavy atom. The lowest BCUT2D eigenvalue weighted by atomic mass is 10.2. The summed E-state index contributed by atoms with van der Waals surface area (Å²) in [6, 6.07) is 9.27. The Hall–Kier alpha value is -3.00. The molecule has 0 saturated carbocycles. The number of benzene rings is 1. The van der Waals surface area contributed by atoms with Gasteiger partial charge in [0, 0.05) is 29.8 Å². The number of nitrogens with one attached hydrogen (secondary N) is 1. The molecular weight excluding hydrogens is 324 g/mol. The lowest BCUT2D eigenvalue weighted by molar-refractivity contribution is 0.100. The molecule has 3 N–H and O–H groups in total. The van der Waals surface area contributed by atoms with Crippen LogP contribution in [-0.2, 0) is 0 Å². The van der Waals surface area contributed by atoms with Gasteiger partial charge in [-0.2, -0.15) is 0 Å². The summed E-state index contributed by atoms with van der Waals surface area (Å²) in [6.45, 7) is 0. The lowest BCUT2D eigenvalue weighted by Crippen LogP contribution is -2.15. The molecule has 24 heavy (non-hydrogen) atoms. The van der Waals surface area contributed by atoms with Gasteiger partial charge in [0.25, 0.3) is 5.91 Å². The number of amides is 1. The number of rotatable bonds is 5. The van der Waals surface area contributed by atoms with Crippen LogP contribution in [0.1, 0.15) is 10.4 Å². The van der Waals surface area contributed by atoms with Crippen LogP contribution in [0, 0.1) is 0 Å². The molecule has 0 bridgehead atoms. The molecule has 0 aliphatic rings. The zero-order valence-electron chi connectivity index (χ0n) is 12.8. The number of nitrogens with two attached hydrogens (primary N) is 1. The fraction of sp³-hybridized carbons (Fsp3) is 0.0625. The fourth-order valence-corrected chi connectivity index (χ4v) is 2.40. The van der Waals surface area contributed by atoms with Gasteiger partial charge in [0.05, 0.1) is 0 Å². The fourth-order valence-electron chi connectivity index (χ4n) is 2.06. The van der Waals surface area contributed by atoms with Gasteiger partial charge in [-0.05, 0) is 24.5 Å². The molecule has 7 nitrogen and oxygen atoms in total. The first-order valence-corrected chi connectivity index (χ1v) is 8.25. The van der Waals surface area contributed by atoms with Crippen molar-refractivity contribution in [1.29, 1.82) is 0 Å². The second kappa shape index (κ2) is 7.05. The topological polar surface area (TPSA) is 107 Å².